The first-order valence-corrected chi connectivity index (χ1v) is 10.9. The summed E-state index contributed by atoms with van der Waals surface area (Å²) in [6, 6.07) is 7.35. The molecule has 3 heterocycles. The van der Waals surface area contributed by atoms with Gasteiger partial charge in [-0.25, -0.2) is 14.6 Å². The lowest BCUT2D eigenvalue weighted by molar-refractivity contribution is -0.168. The average molecular weight is 441 g/mol. The van der Waals surface area contributed by atoms with Gasteiger partial charge >= 0.3 is 11.9 Å². The summed E-state index contributed by atoms with van der Waals surface area (Å²) in [5, 5.41) is 0. The van der Waals surface area contributed by atoms with Gasteiger partial charge in [-0.2, -0.15) is 0 Å². The quantitative estimate of drug-likeness (QED) is 0.606. The lowest BCUT2D eigenvalue weighted by atomic mass is 10.0. The molecule has 1 amide bonds. The van der Waals surface area contributed by atoms with Crippen LogP contribution in [0.3, 0.4) is 0 Å². The number of aryl methyl sites for hydroxylation is 1. The molecule has 170 valence electrons. The lowest BCUT2D eigenvalue weighted by Crippen LogP contribution is -2.44. The molecular formula is C23H28N4O5. The van der Waals surface area contributed by atoms with Crippen molar-refractivity contribution in [3.8, 4) is 0 Å². The van der Waals surface area contributed by atoms with Crippen molar-refractivity contribution in [3.05, 3.63) is 53.6 Å². The molecule has 0 aliphatic carbocycles. The molecule has 2 aliphatic rings. The number of hydrogen-bond acceptors (Lipinski definition) is 7. The van der Waals surface area contributed by atoms with E-state index in [9.17, 15) is 14.4 Å². The molecule has 2 aliphatic heterocycles. The Morgan fingerprint density at radius 2 is 1.97 bits per heavy atom. The van der Waals surface area contributed by atoms with E-state index < -0.39 is 18.2 Å². The molecule has 0 spiro atoms. The van der Waals surface area contributed by atoms with Gasteiger partial charge in [-0.3, -0.25) is 4.79 Å². The first kappa shape index (κ1) is 22.0. The van der Waals surface area contributed by atoms with Gasteiger partial charge in [0.15, 0.2) is 0 Å². The Hall–Kier alpha value is -3.20. The van der Waals surface area contributed by atoms with Gasteiger partial charge in [-0.1, -0.05) is 18.2 Å². The molecule has 9 heteroatoms. The second kappa shape index (κ2) is 9.52. The topological polar surface area (TPSA) is 94.0 Å². The standard InChI is InChI=1S/C23H28N4O5/c1-25(2)16-9-12-26(13-10-16)20(28)8-7-19-24-11-14-27(19)15-21(29)31-23-18-6-4-3-5-17(18)22(30)32-23/h3-6,11,14,16,23H,7-10,12-13,15H2,1-2H3. The maximum Gasteiger partial charge on any atom is 0.342 e. The highest BCUT2D eigenvalue weighted by atomic mass is 16.7. The first-order chi connectivity index (χ1) is 15.4. The second-order valence-corrected chi connectivity index (χ2v) is 8.36. The summed E-state index contributed by atoms with van der Waals surface area (Å²) >= 11 is 0. The summed E-state index contributed by atoms with van der Waals surface area (Å²) in [5.41, 5.74) is 0.946. The van der Waals surface area contributed by atoms with Crippen LogP contribution in [0.4, 0.5) is 0 Å². The molecule has 9 nitrogen and oxygen atoms in total. The van der Waals surface area contributed by atoms with E-state index in [4.69, 9.17) is 9.47 Å². The van der Waals surface area contributed by atoms with E-state index in [1.807, 2.05) is 4.90 Å². The minimum atomic E-state index is -1.04. The van der Waals surface area contributed by atoms with E-state index >= 15 is 0 Å². The predicted octanol–water partition coefficient (Wildman–Crippen LogP) is 1.78. The van der Waals surface area contributed by atoms with Crippen LogP contribution in [0, 0.1) is 0 Å². The molecular weight excluding hydrogens is 412 g/mol. The molecule has 0 saturated carbocycles. The van der Waals surface area contributed by atoms with Crippen LogP contribution in [0.15, 0.2) is 36.7 Å². The van der Waals surface area contributed by atoms with Crippen molar-refractivity contribution in [2.24, 2.45) is 0 Å². The van der Waals surface area contributed by atoms with E-state index in [2.05, 4.69) is 24.0 Å². The average Bonchev–Trinajstić information content (AvgIpc) is 3.36. The summed E-state index contributed by atoms with van der Waals surface area (Å²) in [5.74, 6) is -0.304. The first-order valence-electron chi connectivity index (χ1n) is 10.9. The third-order valence-electron chi connectivity index (χ3n) is 6.10. The number of piperidine rings is 1. The van der Waals surface area contributed by atoms with Gasteiger partial charge in [-0.05, 0) is 33.0 Å². The monoisotopic (exact) mass is 440 g/mol. The zero-order valence-electron chi connectivity index (χ0n) is 18.4. The van der Waals surface area contributed by atoms with E-state index in [1.165, 1.54) is 0 Å². The van der Waals surface area contributed by atoms with Crippen molar-refractivity contribution in [1.29, 1.82) is 0 Å². The summed E-state index contributed by atoms with van der Waals surface area (Å²) in [6.45, 7) is 1.46. The largest absolute Gasteiger partial charge is 0.419 e. The number of esters is 2. The number of nitrogens with zero attached hydrogens (tertiary/aromatic N) is 4. The zero-order chi connectivity index (χ0) is 22.7. The molecule has 1 aromatic carbocycles. The fourth-order valence-electron chi connectivity index (χ4n) is 4.22. The van der Waals surface area contributed by atoms with Crippen molar-refractivity contribution < 1.29 is 23.9 Å². The fourth-order valence-corrected chi connectivity index (χ4v) is 4.22. The molecule has 1 saturated heterocycles. The van der Waals surface area contributed by atoms with E-state index in [1.54, 1.807) is 41.2 Å². The van der Waals surface area contributed by atoms with Crippen molar-refractivity contribution in [1.82, 2.24) is 19.4 Å². The number of fused-ring (bicyclic) bond motifs is 1. The van der Waals surface area contributed by atoms with Gasteiger partial charge in [0, 0.05) is 49.9 Å². The summed E-state index contributed by atoms with van der Waals surface area (Å²) < 4.78 is 12.2. The number of carbonyl (C=O) groups excluding carboxylic acids is 3. The summed E-state index contributed by atoms with van der Waals surface area (Å²) in [4.78, 5) is 45.4. The molecule has 0 bridgehead atoms. The molecule has 1 aromatic heterocycles. The minimum absolute atomic E-state index is 0.0754. The van der Waals surface area contributed by atoms with Crippen LogP contribution in [0.2, 0.25) is 0 Å². The van der Waals surface area contributed by atoms with E-state index in [0.717, 1.165) is 25.9 Å². The van der Waals surface area contributed by atoms with Crippen LogP contribution in [0.25, 0.3) is 0 Å². The van der Waals surface area contributed by atoms with Crippen LogP contribution in [-0.2, 0) is 32.0 Å². The zero-order valence-corrected chi connectivity index (χ0v) is 18.4. The Labute approximate surface area is 186 Å². The number of cyclic esters (lactones) is 1. The molecule has 0 radical (unpaired) electrons. The Balaban J connectivity index is 1.28. The van der Waals surface area contributed by atoms with Crippen LogP contribution >= 0.6 is 0 Å². The molecule has 0 N–H and O–H groups in total. The third-order valence-corrected chi connectivity index (χ3v) is 6.10. The maximum atomic E-state index is 12.6. The fraction of sp³-hybridized carbons (Fsp3) is 0.478. The second-order valence-electron chi connectivity index (χ2n) is 8.36. The minimum Gasteiger partial charge on any atom is -0.419 e. The highest BCUT2D eigenvalue weighted by molar-refractivity contribution is 5.94. The number of imidazole rings is 1. The van der Waals surface area contributed by atoms with Gasteiger partial charge in [0.25, 0.3) is 6.29 Å². The Kier molecular flexibility index (Phi) is 6.55. The number of amides is 1. The number of carbonyl (C=O) groups is 3. The molecule has 1 unspecified atom stereocenters. The predicted molar refractivity (Wildman–Crippen MR) is 115 cm³/mol. The van der Waals surface area contributed by atoms with Crippen LogP contribution in [0.5, 0.6) is 0 Å². The molecule has 32 heavy (non-hydrogen) atoms. The normalized spacial score (nSPS) is 18.5. The smallest absolute Gasteiger partial charge is 0.342 e. The lowest BCUT2D eigenvalue weighted by Gasteiger charge is -2.35. The SMILES string of the molecule is CN(C)C1CCN(C(=O)CCc2nccn2CC(=O)OC2OC(=O)c3ccccc32)CC1. The van der Waals surface area contributed by atoms with Gasteiger partial charge < -0.3 is 23.8 Å². The number of ether oxygens (including phenoxy) is 2. The molecule has 1 atom stereocenters. The van der Waals surface area contributed by atoms with Gasteiger partial charge in [0.2, 0.25) is 5.91 Å². The van der Waals surface area contributed by atoms with Gasteiger partial charge in [-0.15, -0.1) is 0 Å². The maximum absolute atomic E-state index is 12.6. The van der Waals surface area contributed by atoms with Crippen LogP contribution in [-0.4, -0.2) is 70.4 Å². The van der Waals surface area contributed by atoms with E-state index in [0.29, 0.717) is 35.8 Å². The Morgan fingerprint density at radius 1 is 1.22 bits per heavy atom. The number of hydrogen-bond donors (Lipinski definition) is 0. The van der Waals surface area contributed by atoms with Gasteiger partial charge in [0.1, 0.15) is 12.4 Å². The van der Waals surface area contributed by atoms with Gasteiger partial charge in [0.05, 0.1) is 5.56 Å². The summed E-state index contributed by atoms with van der Waals surface area (Å²) in [6.07, 6.45) is 4.98. The highest BCUT2D eigenvalue weighted by Gasteiger charge is 2.33. The van der Waals surface area contributed by atoms with Crippen molar-refractivity contribution >= 4 is 17.8 Å². The van der Waals surface area contributed by atoms with Crippen molar-refractivity contribution in [2.45, 2.75) is 44.6 Å². The Bertz CT molecular complexity index is 994. The number of benzene rings is 1. The molecule has 4 rings (SSSR count). The third kappa shape index (κ3) is 4.83. The van der Waals surface area contributed by atoms with Crippen molar-refractivity contribution in [2.75, 3.05) is 27.2 Å². The number of rotatable bonds is 7. The van der Waals surface area contributed by atoms with Crippen molar-refractivity contribution in [3.63, 3.8) is 0 Å². The van der Waals surface area contributed by atoms with Crippen LogP contribution in [0.1, 0.15) is 47.3 Å². The highest BCUT2D eigenvalue weighted by Crippen LogP contribution is 2.31. The van der Waals surface area contributed by atoms with Crippen LogP contribution < -0.4 is 0 Å². The molecule has 2 aromatic rings. The number of aromatic nitrogens is 2. The van der Waals surface area contributed by atoms with E-state index in [-0.39, 0.29) is 12.5 Å². The number of likely N-dealkylation sites (tertiary alicyclic amines) is 1. The Morgan fingerprint density at radius 3 is 2.72 bits per heavy atom. The summed E-state index contributed by atoms with van der Waals surface area (Å²) in [7, 11) is 4.14. The molecule has 1 fully saturated rings.